The van der Waals surface area contributed by atoms with E-state index in [0.29, 0.717) is 0 Å². The molecule has 4 heteroatoms. The molecule has 1 aromatic rings. The van der Waals surface area contributed by atoms with Crippen LogP contribution in [-0.4, -0.2) is 0 Å². The first-order valence-corrected chi connectivity index (χ1v) is 3.47. The van der Waals surface area contributed by atoms with Crippen LogP contribution in [-0.2, 0) is 0 Å². The second-order valence-electron chi connectivity index (χ2n) is 1.58. The van der Waals surface area contributed by atoms with Crippen molar-refractivity contribution in [1.29, 1.82) is 0 Å². The molecule has 0 unspecified atom stereocenters. The lowest BCUT2D eigenvalue weighted by Crippen LogP contribution is -1.78. The van der Waals surface area contributed by atoms with Crippen molar-refractivity contribution >= 4 is 34.8 Å². The van der Waals surface area contributed by atoms with Gasteiger partial charge in [-0.1, -0.05) is 34.8 Å². The molecule has 53 valence electrons. The number of hydrogen-bond acceptors (Lipinski definition) is 0. The number of halogens is 4. The van der Waals surface area contributed by atoms with E-state index >= 15 is 0 Å². The molecule has 0 saturated carbocycles. The van der Waals surface area contributed by atoms with Crippen LogP contribution in [0.15, 0.2) is 6.07 Å². The fourth-order valence-corrected chi connectivity index (χ4v) is 0.946. The number of benzene rings is 1. The van der Waals surface area contributed by atoms with E-state index in [4.69, 9.17) is 34.8 Å². The van der Waals surface area contributed by atoms with Gasteiger partial charge in [-0.2, -0.15) is 0 Å². The molecule has 0 aliphatic heterocycles. The second-order valence-corrected chi connectivity index (χ2v) is 2.71. The molecule has 1 radical (unpaired) electrons. The standard InChI is InChI=1S/C6HCl3F/c7-3-1-2-4(10)6(9)5(3)8/h2H. The Bertz CT molecular complexity index is 232. The Labute approximate surface area is 72.5 Å². The molecule has 0 amide bonds. The summed E-state index contributed by atoms with van der Waals surface area (Å²) >= 11 is 16.3. The number of rotatable bonds is 0. The maximum atomic E-state index is 12.5. The summed E-state index contributed by atoms with van der Waals surface area (Å²) < 4.78 is 12.5. The molecule has 0 bridgehead atoms. The van der Waals surface area contributed by atoms with E-state index in [1.54, 1.807) is 0 Å². The lowest BCUT2D eigenvalue weighted by Gasteiger charge is -1.97. The summed E-state index contributed by atoms with van der Waals surface area (Å²) in [5, 5.41) is -0.0261. The van der Waals surface area contributed by atoms with Crippen LogP contribution in [0.4, 0.5) is 4.39 Å². The second kappa shape index (κ2) is 2.95. The summed E-state index contributed by atoms with van der Waals surface area (Å²) in [4.78, 5) is 0. The van der Waals surface area contributed by atoms with Crippen molar-refractivity contribution in [3.63, 3.8) is 0 Å². The maximum Gasteiger partial charge on any atom is 0.144 e. The van der Waals surface area contributed by atoms with Crippen molar-refractivity contribution in [3.8, 4) is 0 Å². The van der Waals surface area contributed by atoms with Crippen LogP contribution in [0.5, 0.6) is 0 Å². The molecule has 0 fully saturated rings. The molecular weight excluding hydrogens is 197 g/mol. The smallest absolute Gasteiger partial charge is 0.144 e. The average molecular weight is 198 g/mol. The first kappa shape index (κ1) is 8.12. The first-order chi connectivity index (χ1) is 4.63. The van der Waals surface area contributed by atoms with E-state index in [2.05, 4.69) is 6.07 Å². The van der Waals surface area contributed by atoms with Crippen LogP contribution in [0.3, 0.4) is 0 Å². The lowest BCUT2D eigenvalue weighted by molar-refractivity contribution is 0.628. The van der Waals surface area contributed by atoms with Crippen LogP contribution >= 0.6 is 34.8 Å². The van der Waals surface area contributed by atoms with E-state index in [1.165, 1.54) is 0 Å². The van der Waals surface area contributed by atoms with Gasteiger partial charge in [0.25, 0.3) is 0 Å². The third-order valence-electron chi connectivity index (χ3n) is 0.921. The third kappa shape index (κ3) is 1.36. The van der Waals surface area contributed by atoms with Gasteiger partial charge < -0.3 is 0 Å². The van der Waals surface area contributed by atoms with Crippen LogP contribution in [0.2, 0.25) is 15.1 Å². The summed E-state index contributed by atoms with van der Waals surface area (Å²) in [6.07, 6.45) is 0. The Hall–Kier alpha value is 0.0200. The Morgan fingerprint density at radius 3 is 2.30 bits per heavy atom. The van der Waals surface area contributed by atoms with Gasteiger partial charge in [0.15, 0.2) is 0 Å². The molecule has 1 rings (SSSR count). The summed E-state index contributed by atoms with van der Waals surface area (Å²) in [5.41, 5.74) is 0. The minimum Gasteiger partial charge on any atom is -0.205 e. The van der Waals surface area contributed by atoms with E-state index < -0.39 is 5.82 Å². The lowest BCUT2D eigenvalue weighted by atomic mass is 10.3. The van der Waals surface area contributed by atoms with Crippen molar-refractivity contribution in [3.05, 3.63) is 33.0 Å². The fourth-order valence-electron chi connectivity index (χ4n) is 0.455. The molecule has 0 spiro atoms. The Morgan fingerprint density at radius 2 is 1.80 bits per heavy atom. The largest absolute Gasteiger partial charge is 0.205 e. The average Bonchev–Trinajstić information content (AvgIpc) is 1.93. The Morgan fingerprint density at radius 1 is 1.20 bits per heavy atom. The summed E-state index contributed by atoms with van der Waals surface area (Å²) in [6, 6.07) is 3.42. The van der Waals surface area contributed by atoms with Gasteiger partial charge in [-0.3, -0.25) is 0 Å². The zero-order valence-electron chi connectivity index (χ0n) is 4.59. The van der Waals surface area contributed by atoms with Crippen molar-refractivity contribution in [2.45, 2.75) is 0 Å². The van der Waals surface area contributed by atoms with Gasteiger partial charge in [-0.05, 0) is 6.07 Å². The molecule has 0 aliphatic rings. The van der Waals surface area contributed by atoms with Gasteiger partial charge in [0.2, 0.25) is 0 Å². The summed E-state index contributed by atoms with van der Waals surface area (Å²) in [7, 11) is 0. The monoisotopic (exact) mass is 197 g/mol. The van der Waals surface area contributed by atoms with Crippen molar-refractivity contribution in [2.24, 2.45) is 0 Å². The van der Waals surface area contributed by atoms with E-state index in [-0.39, 0.29) is 15.1 Å². The van der Waals surface area contributed by atoms with E-state index in [0.717, 1.165) is 6.07 Å². The molecule has 0 heterocycles. The molecule has 1 aromatic carbocycles. The van der Waals surface area contributed by atoms with Crippen molar-refractivity contribution in [2.75, 3.05) is 0 Å². The number of hydrogen-bond donors (Lipinski definition) is 0. The minimum absolute atomic E-state index is 0.00309. The van der Waals surface area contributed by atoms with Crippen LogP contribution in [0.1, 0.15) is 0 Å². The van der Waals surface area contributed by atoms with Crippen molar-refractivity contribution < 1.29 is 4.39 Å². The summed E-state index contributed by atoms with van der Waals surface area (Å²) in [6.45, 7) is 0. The third-order valence-corrected chi connectivity index (χ3v) is 2.16. The van der Waals surface area contributed by atoms with E-state index in [9.17, 15) is 4.39 Å². The van der Waals surface area contributed by atoms with Gasteiger partial charge in [-0.25, -0.2) is 4.39 Å². The Kier molecular flexibility index (Phi) is 2.40. The van der Waals surface area contributed by atoms with Gasteiger partial charge in [-0.15, -0.1) is 0 Å². The van der Waals surface area contributed by atoms with Gasteiger partial charge >= 0.3 is 0 Å². The van der Waals surface area contributed by atoms with Gasteiger partial charge in [0.1, 0.15) is 5.82 Å². The highest BCUT2D eigenvalue weighted by Crippen LogP contribution is 2.30. The summed E-state index contributed by atoms with van der Waals surface area (Å²) in [5.74, 6) is -0.615. The Balaban J connectivity index is 3.34. The molecule has 0 nitrogen and oxygen atoms in total. The van der Waals surface area contributed by atoms with E-state index in [1.807, 2.05) is 0 Å². The SMILES string of the molecule is Fc1c[c]c(Cl)c(Cl)c1Cl. The highest BCUT2D eigenvalue weighted by atomic mass is 35.5. The first-order valence-electron chi connectivity index (χ1n) is 2.33. The molecule has 0 N–H and O–H groups in total. The van der Waals surface area contributed by atoms with Crippen molar-refractivity contribution in [1.82, 2.24) is 0 Å². The zero-order valence-corrected chi connectivity index (χ0v) is 6.86. The molecule has 10 heavy (non-hydrogen) atoms. The zero-order chi connectivity index (χ0) is 7.72. The molecule has 0 atom stereocenters. The van der Waals surface area contributed by atoms with Crippen LogP contribution in [0.25, 0.3) is 0 Å². The molecule has 0 saturated heterocycles. The minimum atomic E-state index is -0.615. The fraction of sp³-hybridized carbons (Fsp3) is 0. The predicted octanol–water partition coefficient (Wildman–Crippen LogP) is 3.59. The quantitative estimate of drug-likeness (QED) is 0.441. The molecule has 0 aromatic heterocycles. The van der Waals surface area contributed by atoms with Gasteiger partial charge in [0, 0.05) is 6.07 Å². The van der Waals surface area contributed by atoms with Crippen LogP contribution in [0, 0.1) is 11.9 Å². The molecular formula is C6HCl3F. The normalized spacial score (nSPS) is 10.0. The highest BCUT2D eigenvalue weighted by Gasteiger charge is 2.07. The maximum absolute atomic E-state index is 12.5. The van der Waals surface area contributed by atoms with Crippen LogP contribution < -0.4 is 0 Å². The topological polar surface area (TPSA) is 0 Å². The predicted molar refractivity (Wildman–Crippen MR) is 40.3 cm³/mol. The molecule has 0 aliphatic carbocycles. The highest BCUT2D eigenvalue weighted by molar-refractivity contribution is 6.47. The van der Waals surface area contributed by atoms with Gasteiger partial charge in [0.05, 0.1) is 15.1 Å².